The summed E-state index contributed by atoms with van der Waals surface area (Å²) in [6.07, 6.45) is 4.63. The molecular weight excluding hydrogens is 176 g/mol. The molecule has 0 N–H and O–H groups in total. The van der Waals surface area contributed by atoms with Gasteiger partial charge in [0.2, 0.25) is 0 Å². The van der Waals surface area contributed by atoms with Crippen molar-refractivity contribution in [3.8, 4) is 0 Å². The van der Waals surface area contributed by atoms with Crippen molar-refractivity contribution in [3.63, 3.8) is 0 Å². The lowest BCUT2D eigenvalue weighted by Gasteiger charge is -2.09. The summed E-state index contributed by atoms with van der Waals surface area (Å²) in [7, 11) is -3.22. The molecule has 0 aromatic carbocycles. The molecule has 0 spiro atoms. The molecule has 0 aromatic rings. The third kappa shape index (κ3) is 3.11. The van der Waals surface area contributed by atoms with Crippen LogP contribution in [0.5, 0.6) is 0 Å². The summed E-state index contributed by atoms with van der Waals surface area (Å²) < 4.78 is 27.3. The first kappa shape index (κ1) is 9.99. The van der Waals surface area contributed by atoms with Crippen LogP contribution in [0.4, 0.5) is 0 Å². The molecule has 4 heteroatoms. The summed E-state index contributed by atoms with van der Waals surface area (Å²) in [5.74, 6) is 0.156. The summed E-state index contributed by atoms with van der Waals surface area (Å²) in [5, 5.41) is 0. The van der Waals surface area contributed by atoms with Gasteiger partial charge in [0, 0.05) is 0 Å². The van der Waals surface area contributed by atoms with Crippen LogP contribution in [-0.2, 0) is 14.3 Å². The van der Waals surface area contributed by atoms with Crippen LogP contribution in [0.3, 0.4) is 0 Å². The van der Waals surface area contributed by atoms with E-state index in [0.29, 0.717) is 6.42 Å². The molecule has 0 unspecified atom stereocenters. The van der Waals surface area contributed by atoms with Gasteiger partial charge in [0.1, 0.15) is 0 Å². The highest BCUT2D eigenvalue weighted by Crippen LogP contribution is 2.22. The molecule has 1 rings (SSSR count). The Morgan fingerprint density at radius 3 is 2.42 bits per heavy atom. The second kappa shape index (κ2) is 4.23. The first-order valence-corrected chi connectivity index (χ1v) is 6.13. The van der Waals surface area contributed by atoms with Crippen molar-refractivity contribution >= 4 is 10.1 Å². The molecule has 3 nitrogen and oxygen atoms in total. The van der Waals surface area contributed by atoms with E-state index in [-0.39, 0.29) is 11.9 Å². The van der Waals surface area contributed by atoms with Crippen LogP contribution in [0.1, 0.15) is 39.0 Å². The monoisotopic (exact) mass is 192 g/mol. The van der Waals surface area contributed by atoms with Crippen molar-refractivity contribution in [2.45, 2.75) is 45.1 Å². The van der Waals surface area contributed by atoms with E-state index in [1.807, 2.05) is 6.92 Å². The van der Waals surface area contributed by atoms with Gasteiger partial charge < -0.3 is 0 Å². The van der Waals surface area contributed by atoms with Gasteiger partial charge in [0.25, 0.3) is 10.1 Å². The molecule has 0 heterocycles. The average molecular weight is 192 g/mol. The van der Waals surface area contributed by atoms with Crippen LogP contribution in [0.25, 0.3) is 0 Å². The van der Waals surface area contributed by atoms with Gasteiger partial charge in [-0.2, -0.15) is 8.42 Å². The summed E-state index contributed by atoms with van der Waals surface area (Å²) in [4.78, 5) is 0. The van der Waals surface area contributed by atoms with Gasteiger partial charge in [-0.05, 0) is 19.3 Å². The van der Waals surface area contributed by atoms with Crippen LogP contribution in [0.2, 0.25) is 0 Å². The predicted octanol–water partition coefficient (Wildman–Crippen LogP) is 1.69. The topological polar surface area (TPSA) is 43.4 Å². The van der Waals surface area contributed by atoms with Gasteiger partial charge in [-0.1, -0.05) is 19.8 Å². The Balaban J connectivity index is 2.38. The van der Waals surface area contributed by atoms with E-state index in [4.69, 9.17) is 4.18 Å². The molecule has 0 aromatic heterocycles. The third-order valence-corrected chi connectivity index (χ3v) is 3.51. The molecule has 0 radical (unpaired) electrons. The van der Waals surface area contributed by atoms with Crippen molar-refractivity contribution in [1.82, 2.24) is 0 Å². The molecule has 1 fully saturated rings. The van der Waals surface area contributed by atoms with E-state index in [1.54, 1.807) is 0 Å². The summed E-state index contributed by atoms with van der Waals surface area (Å²) >= 11 is 0. The highest BCUT2D eigenvalue weighted by molar-refractivity contribution is 7.86. The van der Waals surface area contributed by atoms with Crippen molar-refractivity contribution in [2.24, 2.45) is 0 Å². The molecule has 1 saturated carbocycles. The second-order valence-electron chi connectivity index (χ2n) is 3.26. The maximum Gasteiger partial charge on any atom is 0.267 e. The smallest absolute Gasteiger partial charge is 0.267 e. The first-order valence-electron chi connectivity index (χ1n) is 4.55. The van der Waals surface area contributed by atoms with Gasteiger partial charge in [0.15, 0.2) is 0 Å². The van der Waals surface area contributed by atoms with Crippen LogP contribution in [0, 0.1) is 0 Å². The lowest BCUT2D eigenvalue weighted by molar-refractivity contribution is 0.217. The maximum absolute atomic E-state index is 11.2. The Morgan fingerprint density at radius 1 is 1.33 bits per heavy atom. The molecule has 0 amide bonds. The van der Waals surface area contributed by atoms with Gasteiger partial charge in [-0.25, -0.2) is 0 Å². The van der Waals surface area contributed by atoms with E-state index in [0.717, 1.165) is 25.7 Å². The molecule has 1 aliphatic carbocycles. The highest BCUT2D eigenvalue weighted by atomic mass is 32.2. The van der Waals surface area contributed by atoms with Gasteiger partial charge in [-0.15, -0.1) is 0 Å². The minimum Gasteiger partial charge on any atom is -0.267 e. The number of hydrogen-bond acceptors (Lipinski definition) is 3. The standard InChI is InChI=1S/C8H16O3S/c1-2-7-12(9,10)11-8-5-3-4-6-8/h8H,2-7H2,1H3. The molecule has 72 valence electrons. The molecule has 1 aliphatic rings. The minimum absolute atomic E-state index is 0.0263. The maximum atomic E-state index is 11.2. The Labute approximate surface area is 74.2 Å². The fraction of sp³-hybridized carbons (Fsp3) is 1.00. The zero-order valence-corrected chi connectivity index (χ0v) is 8.27. The molecule has 0 atom stereocenters. The van der Waals surface area contributed by atoms with E-state index in [2.05, 4.69) is 0 Å². The fourth-order valence-corrected chi connectivity index (χ4v) is 2.69. The van der Waals surface area contributed by atoms with Crippen molar-refractivity contribution in [1.29, 1.82) is 0 Å². The largest absolute Gasteiger partial charge is 0.267 e. The van der Waals surface area contributed by atoms with Crippen LogP contribution < -0.4 is 0 Å². The van der Waals surface area contributed by atoms with Crippen molar-refractivity contribution in [3.05, 3.63) is 0 Å². The lowest BCUT2D eigenvalue weighted by atomic mass is 10.3. The van der Waals surface area contributed by atoms with E-state index >= 15 is 0 Å². The molecule has 0 aliphatic heterocycles. The summed E-state index contributed by atoms with van der Waals surface area (Å²) in [6.45, 7) is 1.84. The highest BCUT2D eigenvalue weighted by Gasteiger charge is 2.21. The molecule has 12 heavy (non-hydrogen) atoms. The zero-order chi connectivity index (χ0) is 9.03. The van der Waals surface area contributed by atoms with Crippen LogP contribution in [0.15, 0.2) is 0 Å². The van der Waals surface area contributed by atoms with Gasteiger partial charge in [-0.3, -0.25) is 4.18 Å². The zero-order valence-electron chi connectivity index (χ0n) is 7.45. The third-order valence-electron chi connectivity index (χ3n) is 2.04. The van der Waals surface area contributed by atoms with Crippen LogP contribution >= 0.6 is 0 Å². The SMILES string of the molecule is CCCS(=O)(=O)OC1CCCC1. The normalized spacial score (nSPS) is 20.1. The van der Waals surface area contributed by atoms with Crippen LogP contribution in [-0.4, -0.2) is 20.3 Å². The average Bonchev–Trinajstić information content (AvgIpc) is 2.38. The fourth-order valence-electron chi connectivity index (χ4n) is 1.49. The predicted molar refractivity (Wildman–Crippen MR) is 47.4 cm³/mol. The number of hydrogen-bond donors (Lipinski definition) is 0. The van der Waals surface area contributed by atoms with Crippen molar-refractivity contribution < 1.29 is 12.6 Å². The first-order chi connectivity index (χ1) is 5.64. The van der Waals surface area contributed by atoms with Gasteiger partial charge in [0.05, 0.1) is 11.9 Å². The lowest BCUT2D eigenvalue weighted by Crippen LogP contribution is -2.17. The summed E-state index contributed by atoms with van der Waals surface area (Å²) in [6, 6.07) is 0. The quantitative estimate of drug-likeness (QED) is 0.636. The van der Waals surface area contributed by atoms with E-state index in [1.165, 1.54) is 0 Å². The summed E-state index contributed by atoms with van der Waals surface area (Å²) in [5.41, 5.74) is 0. The Hall–Kier alpha value is -0.0900. The minimum atomic E-state index is -3.22. The Bertz CT molecular complexity index is 214. The van der Waals surface area contributed by atoms with Crippen molar-refractivity contribution in [2.75, 3.05) is 5.75 Å². The second-order valence-corrected chi connectivity index (χ2v) is 4.98. The molecular formula is C8H16O3S. The number of rotatable bonds is 4. The van der Waals surface area contributed by atoms with E-state index in [9.17, 15) is 8.42 Å². The Morgan fingerprint density at radius 2 is 1.92 bits per heavy atom. The molecule has 0 saturated heterocycles. The molecule has 0 bridgehead atoms. The Kier molecular flexibility index (Phi) is 3.53. The van der Waals surface area contributed by atoms with Gasteiger partial charge >= 0.3 is 0 Å². The van der Waals surface area contributed by atoms with E-state index < -0.39 is 10.1 Å².